The molecule has 5 heteroatoms. The molecule has 0 aliphatic rings. The van der Waals surface area contributed by atoms with E-state index in [9.17, 15) is 9.90 Å². The second-order valence-electron chi connectivity index (χ2n) is 5.74. The van der Waals surface area contributed by atoms with Gasteiger partial charge in [-0.1, -0.05) is 12.1 Å². The van der Waals surface area contributed by atoms with Gasteiger partial charge in [-0.25, -0.2) is 0 Å². The third-order valence-electron chi connectivity index (χ3n) is 3.75. The van der Waals surface area contributed by atoms with Gasteiger partial charge in [0.05, 0.1) is 12.1 Å². The number of fused-ring (bicyclic) bond motifs is 1. The van der Waals surface area contributed by atoms with Crippen molar-refractivity contribution in [2.45, 2.75) is 19.4 Å². The van der Waals surface area contributed by atoms with Gasteiger partial charge >= 0.3 is 0 Å². The number of amides is 1. The van der Waals surface area contributed by atoms with Crippen LogP contribution in [0.4, 0.5) is 0 Å². The standard InChI is InChI=1S/C18H18N2O3/c1-12-8-9-16(23-12)18(2,22)11-20-17(21)14-5-3-7-15-13(14)6-4-10-19-15/h3-10,22H,11H2,1-2H3,(H,20,21). The molecule has 1 atom stereocenters. The highest BCUT2D eigenvalue weighted by atomic mass is 16.4. The Bertz CT molecular complexity index is 847. The minimum atomic E-state index is -1.27. The van der Waals surface area contributed by atoms with E-state index >= 15 is 0 Å². The molecule has 0 bridgehead atoms. The van der Waals surface area contributed by atoms with E-state index in [1.54, 1.807) is 50.4 Å². The van der Waals surface area contributed by atoms with E-state index in [-0.39, 0.29) is 12.5 Å². The Labute approximate surface area is 134 Å². The van der Waals surface area contributed by atoms with Crippen LogP contribution in [0.15, 0.2) is 53.1 Å². The maximum Gasteiger partial charge on any atom is 0.252 e. The lowest BCUT2D eigenvalue weighted by Gasteiger charge is -2.21. The number of aromatic nitrogens is 1. The number of carbonyl (C=O) groups is 1. The molecular weight excluding hydrogens is 292 g/mol. The minimum absolute atomic E-state index is 0.0510. The Morgan fingerprint density at radius 3 is 2.83 bits per heavy atom. The Kier molecular flexibility index (Phi) is 3.88. The molecule has 0 radical (unpaired) electrons. The van der Waals surface area contributed by atoms with Gasteiger partial charge < -0.3 is 14.8 Å². The van der Waals surface area contributed by atoms with Crippen molar-refractivity contribution in [1.29, 1.82) is 0 Å². The molecule has 1 unspecified atom stereocenters. The highest BCUT2D eigenvalue weighted by molar-refractivity contribution is 6.06. The predicted octanol–water partition coefficient (Wildman–Crippen LogP) is 2.77. The Hall–Kier alpha value is -2.66. The van der Waals surface area contributed by atoms with Crippen LogP contribution < -0.4 is 5.32 Å². The summed E-state index contributed by atoms with van der Waals surface area (Å²) in [5, 5.41) is 14.0. The largest absolute Gasteiger partial charge is 0.463 e. The molecule has 1 aromatic carbocycles. The molecule has 0 aliphatic heterocycles. The third-order valence-corrected chi connectivity index (χ3v) is 3.75. The summed E-state index contributed by atoms with van der Waals surface area (Å²) in [5.41, 5.74) is 0.0165. The molecule has 0 saturated heterocycles. The first-order valence-corrected chi connectivity index (χ1v) is 7.38. The van der Waals surface area contributed by atoms with Crippen molar-refractivity contribution in [3.63, 3.8) is 0 Å². The first-order valence-electron chi connectivity index (χ1n) is 7.38. The highest BCUT2D eigenvalue weighted by Crippen LogP contribution is 2.22. The van der Waals surface area contributed by atoms with Crippen LogP contribution in [-0.4, -0.2) is 22.5 Å². The van der Waals surface area contributed by atoms with Crippen molar-refractivity contribution in [2.24, 2.45) is 0 Å². The lowest BCUT2D eigenvalue weighted by Crippen LogP contribution is -2.38. The maximum atomic E-state index is 12.5. The SMILES string of the molecule is Cc1ccc(C(C)(O)CNC(=O)c2cccc3ncccc23)o1. The first kappa shape index (κ1) is 15.2. The van der Waals surface area contributed by atoms with Gasteiger partial charge in [-0.2, -0.15) is 0 Å². The average Bonchev–Trinajstić information content (AvgIpc) is 2.99. The maximum absolute atomic E-state index is 12.5. The van der Waals surface area contributed by atoms with Gasteiger partial charge in [0.1, 0.15) is 17.1 Å². The molecule has 2 heterocycles. The molecule has 0 saturated carbocycles. The summed E-state index contributed by atoms with van der Waals surface area (Å²) >= 11 is 0. The predicted molar refractivity (Wildman–Crippen MR) is 87.1 cm³/mol. The zero-order valence-corrected chi connectivity index (χ0v) is 13.0. The first-order chi connectivity index (χ1) is 11.0. The van der Waals surface area contributed by atoms with Crippen LogP contribution in [0.25, 0.3) is 10.9 Å². The molecule has 2 N–H and O–H groups in total. The number of hydrogen-bond acceptors (Lipinski definition) is 4. The number of nitrogens with one attached hydrogen (secondary N) is 1. The summed E-state index contributed by atoms with van der Waals surface area (Å²) in [5.74, 6) is 0.883. The molecule has 23 heavy (non-hydrogen) atoms. The number of nitrogens with zero attached hydrogens (tertiary/aromatic N) is 1. The quantitative estimate of drug-likeness (QED) is 0.777. The number of aryl methyl sites for hydroxylation is 1. The average molecular weight is 310 g/mol. The van der Waals surface area contributed by atoms with Crippen molar-refractivity contribution >= 4 is 16.8 Å². The number of benzene rings is 1. The van der Waals surface area contributed by atoms with Crippen LogP contribution in [-0.2, 0) is 5.60 Å². The lowest BCUT2D eigenvalue weighted by atomic mass is 10.0. The smallest absolute Gasteiger partial charge is 0.252 e. The fraction of sp³-hybridized carbons (Fsp3) is 0.222. The van der Waals surface area contributed by atoms with Crippen molar-refractivity contribution < 1.29 is 14.3 Å². The molecule has 0 spiro atoms. The normalized spacial score (nSPS) is 13.7. The fourth-order valence-electron chi connectivity index (χ4n) is 2.46. The summed E-state index contributed by atoms with van der Waals surface area (Å²) in [7, 11) is 0. The minimum Gasteiger partial charge on any atom is -0.463 e. The Balaban J connectivity index is 1.79. The number of furan rings is 1. The summed E-state index contributed by atoms with van der Waals surface area (Å²) < 4.78 is 5.45. The van der Waals surface area contributed by atoms with Crippen LogP contribution in [0.2, 0.25) is 0 Å². The van der Waals surface area contributed by atoms with Crippen LogP contribution in [0.3, 0.4) is 0 Å². The number of hydrogen-bond donors (Lipinski definition) is 2. The summed E-state index contributed by atoms with van der Waals surface area (Å²) in [6.07, 6.45) is 1.69. The van der Waals surface area contributed by atoms with Crippen molar-refractivity contribution in [3.05, 3.63) is 65.7 Å². The monoisotopic (exact) mass is 310 g/mol. The van der Waals surface area contributed by atoms with E-state index in [1.807, 2.05) is 12.1 Å². The summed E-state index contributed by atoms with van der Waals surface area (Å²) in [6.45, 7) is 3.47. The lowest BCUT2D eigenvalue weighted by molar-refractivity contribution is 0.0323. The van der Waals surface area contributed by atoms with Crippen molar-refractivity contribution in [3.8, 4) is 0 Å². The van der Waals surface area contributed by atoms with Crippen molar-refractivity contribution in [1.82, 2.24) is 10.3 Å². The van der Waals surface area contributed by atoms with E-state index in [0.717, 1.165) is 10.9 Å². The van der Waals surface area contributed by atoms with Gasteiger partial charge in [-0.15, -0.1) is 0 Å². The highest BCUT2D eigenvalue weighted by Gasteiger charge is 2.27. The van der Waals surface area contributed by atoms with E-state index in [2.05, 4.69) is 10.3 Å². The van der Waals surface area contributed by atoms with E-state index in [0.29, 0.717) is 17.1 Å². The molecule has 0 aliphatic carbocycles. The molecule has 3 aromatic rings. The van der Waals surface area contributed by atoms with Gasteiger partial charge in [0, 0.05) is 17.1 Å². The topological polar surface area (TPSA) is 75.4 Å². The summed E-state index contributed by atoms with van der Waals surface area (Å²) in [4.78, 5) is 16.7. The number of aliphatic hydroxyl groups is 1. The second kappa shape index (κ2) is 5.85. The fourth-order valence-corrected chi connectivity index (χ4v) is 2.46. The number of carbonyl (C=O) groups excluding carboxylic acids is 1. The van der Waals surface area contributed by atoms with Gasteiger partial charge in [0.2, 0.25) is 0 Å². The van der Waals surface area contributed by atoms with Crippen LogP contribution in [0.5, 0.6) is 0 Å². The number of rotatable bonds is 4. The Morgan fingerprint density at radius 1 is 1.26 bits per heavy atom. The molecule has 2 aromatic heterocycles. The van der Waals surface area contributed by atoms with Crippen LogP contribution in [0, 0.1) is 6.92 Å². The molecular formula is C18H18N2O3. The van der Waals surface area contributed by atoms with Gasteiger partial charge in [-0.05, 0) is 44.2 Å². The number of pyridine rings is 1. The second-order valence-corrected chi connectivity index (χ2v) is 5.74. The van der Waals surface area contributed by atoms with Crippen molar-refractivity contribution in [2.75, 3.05) is 6.54 Å². The summed E-state index contributed by atoms with van der Waals surface area (Å²) in [6, 6.07) is 12.5. The zero-order chi connectivity index (χ0) is 16.4. The van der Waals surface area contributed by atoms with E-state index in [1.165, 1.54) is 0 Å². The molecule has 3 rings (SSSR count). The van der Waals surface area contributed by atoms with Gasteiger partial charge in [-0.3, -0.25) is 9.78 Å². The van der Waals surface area contributed by atoms with Gasteiger partial charge in [0.25, 0.3) is 5.91 Å². The molecule has 5 nitrogen and oxygen atoms in total. The molecule has 0 fully saturated rings. The van der Waals surface area contributed by atoms with Crippen LogP contribution >= 0.6 is 0 Å². The zero-order valence-electron chi connectivity index (χ0n) is 13.0. The third kappa shape index (κ3) is 3.10. The molecule has 118 valence electrons. The van der Waals surface area contributed by atoms with Gasteiger partial charge in [0.15, 0.2) is 0 Å². The van der Waals surface area contributed by atoms with E-state index < -0.39 is 5.60 Å². The Morgan fingerprint density at radius 2 is 2.09 bits per heavy atom. The van der Waals surface area contributed by atoms with E-state index in [4.69, 9.17) is 4.42 Å². The van der Waals surface area contributed by atoms with Crippen LogP contribution in [0.1, 0.15) is 28.8 Å². The molecule has 1 amide bonds.